The van der Waals surface area contributed by atoms with Crippen LogP contribution < -0.4 is 5.32 Å². The fraction of sp³-hybridized carbons (Fsp3) is 0.647. The molecule has 3 rings (SSSR count). The van der Waals surface area contributed by atoms with Gasteiger partial charge in [0.2, 0.25) is 0 Å². The molecule has 0 radical (unpaired) electrons. The van der Waals surface area contributed by atoms with Crippen molar-refractivity contribution in [1.82, 2.24) is 15.1 Å². The monoisotopic (exact) mass is 289 g/mol. The maximum Gasteiger partial charge on any atom is 0.0582 e. The first-order chi connectivity index (χ1) is 10.2. The van der Waals surface area contributed by atoms with Crippen LogP contribution in [0.2, 0.25) is 0 Å². The van der Waals surface area contributed by atoms with Crippen molar-refractivity contribution in [2.24, 2.45) is 0 Å². The molecule has 0 aliphatic carbocycles. The van der Waals surface area contributed by atoms with Gasteiger partial charge in [0, 0.05) is 50.8 Å². The van der Waals surface area contributed by atoms with E-state index >= 15 is 0 Å². The molecule has 116 valence electrons. The second-order valence-corrected chi connectivity index (χ2v) is 6.55. The minimum atomic E-state index is 0.205. The number of fused-ring (bicyclic) bond motifs is 1. The van der Waals surface area contributed by atoms with Crippen molar-refractivity contribution < 1.29 is 5.11 Å². The third kappa shape index (κ3) is 3.83. The Morgan fingerprint density at radius 2 is 2.05 bits per heavy atom. The lowest BCUT2D eigenvalue weighted by Gasteiger charge is -2.37. The fourth-order valence-electron chi connectivity index (χ4n) is 3.67. The van der Waals surface area contributed by atoms with Gasteiger partial charge in [0.25, 0.3) is 0 Å². The van der Waals surface area contributed by atoms with Crippen LogP contribution in [0.5, 0.6) is 0 Å². The van der Waals surface area contributed by atoms with Crippen molar-refractivity contribution in [3.05, 3.63) is 35.9 Å². The molecular formula is C17H27N3O. The molecule has 2 heterocycles. The number of nitrogens with one attached hydrogen (secondary N) is 1. The van der Waals surface area contributed by atoms with E-state index in [1.807, 2.05) is 0 Å². The summed E-state index contributed by atoms with van der Waals surface area (Å²) in [6.07, 6.45) is 1.20. The molecule has 1 aromatic carbocycles. The van der Waals surface area contributed by atoms with Crippen LogP contribution in [0, 0.1) is 0 Å². The van der Waals surface area contributed by atoms with Crippen LogP contribution in [0.1, 0.15) is 18.9 Å². The van der Waals surface area contributed by atoms with E-state index in [-0.39, 0.29) is 12.6 Å². The van der Waals surface area contributed by atoms with Gasteiger partial charge in [-0.1, -0.05) is 30.3 Å². The molecule has 0 spiro atoms. The molecule has 0 saturated carbocycles. The van der Waals surface area contributed by atoms with Crippen molar-refractivity contribution in [3.63, 3.8) is 0 Å². The number of nitrogens with zero attached hydrogens (tertiary/aromatic N) is 2. The molecule has 2 fully saturated rings. The van der Waals surface area contributed by atoms with E-state index in [9.17, 15) is 5.11 Å². The minimum absolute atomic E-state index is 0.205. The van der Waals surface area contributed by atoms with E-state index < -0.39 is 0 Å². The average Bonchev–Trinajstić information content (AvgIpc) is 2.89. The molecule has 2 aliphatic heterocycles. The topological polar surface area (TPSA) is 38.7 Å². The van der Waals surface area contributed by atoms with Crippen LogP contribution in [-0.2, 0) is 6.54 Å². The zero-order valence-electron chi connectivity index (χ0n) is 12.9. The van der Waals surface area contributed by atoms with Gasteiger partial charge in [-0.2, -0.15) is 0 Å². The molecule has 0 amide bonds. The van der Waals surface area contributed by atoms with Gasteiger partial charge in [-0.3, -0.25) is 9.80 Å². The summed E-state index contributed by atoms with van der Waals surface area (Å²) >= 11 is 0. The highest BCUT2D eigenvalue weighted by atomic mass is 16.3. The molecule has 1 unspecified atom stereocenters. The van der Waals surface area contributed by atoms with Crippen LogP contribution in [0.3, 0.4) is 0 Å². The van der Waals surface area contributed by atoms with E-state index in [1.54, 1.807) is 0 Å². The highest BCUT2D eigenvalue weighted by Gasteiger charge is 2.36. The zero-order chi connectivity index (χ0) is 14.7. The quantitative estimate of drug-likeness (QED) is 0.845. The summed E-state index contributed by atoms with van der Waals surface area (Å²) in [7, 11) is 0. The van der Waals surface area contributed by atoms with Gasteiger partial charge in [0.15, 0.2) is 0 Å². The number of rotatable bonds is 5. The SMILES string of the molecule is C[C@H](CO)NC1C[C@H]2CN(Cc3ccccc3)CCN2C1. The van der Waals surface area contributed by atoms with E-state index in [0.717, 1.165) is 19.6 Å². The zero-order valence-corrected chi connectivity index (χ0v) is 12.9. The van der Waals surface area contributed by atoms with Crippen LogP contribution in [0.15, 0.2) is 30.3 Å². The van der Waals surface area contributed by atoms with Crippen molar-refractivity contribution in [2.75, 3.05) is 32.8 Å². The molecular weight excluding hydrogens is 262 g/mol. The molecule has 2 N–H and O–H groups in total. The average molecular weight is 289 g/mol. The largest absolute Gasteiger partial charge is 0.395 e. The van der Waals surface area contributed by atoms with Gasteiger partial charge in [-0.15, -0.1) is 0 Å². The number of piperazine rings is 1. The lowest BCUT2D eigenvalue weighted by atomic mass is 10.1. The molecule has 3 atom stereocenters. The van der Waals surface area contributed by atoms with Crippen molar-refractivity contribution in [1.29, 1.82) is 0 Å². The van der Waals surface area contributed by atoms with Gasteiger partial charge in [0.1, 0.15) is 0 Å². The molecule has 4 nitrogen and oxygen atoms in total. The molecule has 2 saturated heterocycles. The van der Waals surface area contributed by atoms with Crippen LogP contribution in [0.25, 0.3) is 0 Å². The molecule has 2 aliphatic rings. The second kappa shape index (κ2) is 6.88. The number of hydrogen-bond acceptors (Lipinski definition) is 4. The summed E-state index contributed by atoms with van der Waals surface area (Å²) in [4.78, 5) is 5.19. The van der Waals surface area contributed by atoms with Gasteiger partial charge < -0.3 is 10.4 Å². The first-order valence-electron chi connectivity index (χ1n) is 8.12. The summed E-state index contributed by atoms with van der Waals surface area (Å²) in [5, 5.41) is 12.7. The second-order valence-electron chi connectivity index (χ2n) is 6.55. The maximum atomic E-state index is 9.18. The normalized spacial score (nSPS) is 28.5. The van der Waals surface area contributed by atoms with E-state index in [1.165, 1.54) is 25.1 Å². The highest BCUT2D eigenvalue weighted by Crippen LogP contribution is 2.23. The maximum absolute atomic E-state index is 9.18. The van der Waals surface area contributed by atoms with Gasteiger partial charge >= 0.3 is 0 Å². The molecule has 0 bridgehead atoms. The summed E-state index contributed by atoms with van der Waals surface area (Å²) in [5.74, 6) is 0. The number of aliphatic hydroxyl groups excluding tert-OH is 1. The third-order valence-corrected chi connectivity index (χ3v) is 4.74. The Balaban J connectivity index is 1.51. The Morgan fingerprint density at radius 1 is 1.24 bits per heavy atom. The Labute approximate surface area is 127 Å². The van der Waals surface area contributed by atoms with Crippen molar-refractivity contribution in [3.8, 4) is 0 Å². The highest BCUT2D eigenvalue weighted by molar-refractivity contribution is 5.14. The van der Waals surface area contributed by atoms with Crippen LogP contribution in [-0.4, -0.2) is 65.8 Å². The third-order valence-electron chi connectivity index (χ3n) is 4.74. The first kappa shape index (κ1) is 15.0. The smallest absolute Gasteiger partial charge is 0.0582 e. The van der Waals surface area contributed by atoms with Crippen LogP contribution >= 0.6 is 0 Å². The van der Waals surface area contributed by atoms with E-state index in [0.29, 0.717) is 12.1 Å². The molecule has 4 heteroatoms. The van der Waals surface area contributed by atoms with Crippen molar-refractivity contribution >= 4 is 0 Å². The minimum Gasteiger partial charge on any atom is -0.395 e. The lowest BCUT2D eigenvalue weighted by Crippen LogP contribution is -2.49. The fourth-order valence-corrected chi connectivity index (χ4v) is 3.67. The number of aliphatic hydroxyl groups is 1. The predicted molar refractivity (Wildman–Crippen MR) is 85.2 cm³/mol. The Hall–Kier alpha value is -0.940. The number of benzene rings is 1. The summed E-state index contributed by atoms with van der Waals surface area (Å²) in [6, 6.07) is 12.2. The summed E-state index contributed by atoms with van der Waals surface area (Å²) in [6.45, 7) is 7.97. The molecule has 21 heavy (non-hydrogen) atoms. The Morgan fingerprint density at radius 3 is 2.81 bits per heavy atom. The molecule has 1 aromatic rings. The Kier molecular flexibility index (Phi) is 4.91. The lowest BCUT2D eigenvalue weighted by molar-refractivity contribution is 0.0990. The number of hydrogen-bond donors (Lipinski definition) is 2. The van der Waals surface area contributed by atoms with Gasteiger partial charge in [-0.25, -0.2) is 0 Å². The predicted octanol–water partition coefficient (Wildman–Crippen LogP) is 0.915. The van der Waals surface area contributed by atoms with E-state index in [4.69, 9.17) is 0 Å². The molecule has 0 aromatic heterocycles. The standard InChI is InChI=1S/C17H27N3O/c1-14(13-21)18-16-9-17-12-19(7-8-20(17)11-16)10-15-5-3-2-4-6-15/h2-6,14,16-18,21H,7-13H2,1H3/t14-,16?,17+/m1/s1. The first-order valence-corrected chi connectivity index (χ1v) is 8.12. The van der Waals surface area contributed by atoms with Crippen molar-refractivity contribution in [2.45, 2.75) is 38.0 Å². The van der Waals surface area contributed by atoms with Gasteiger partial charge in [0.05, 0.1) is 6.61 Å². The summed E-state index contributed by atoms with van der Waals surface area (Å²) < 4.78 is 0. The van der Waals surface area contributed by atoms with Gasteiger partial charge in [-0.05, 0) is 18.9 Å². The van der Waals surface area contributed by atoms with E-state index in [2.05, 4.69) is 52.4 Å². The summed E-state index contributed by atoms with van der Waals surface area (Å²) in [5.41, 5.74) is 1.41. The van der Waals surface area contributed by atoms with Crippen LogP contribution in [0.4, 0.5) is 0 Å². The Bertz CT molecular complexity index is 439.